The molecular weight excluding hydrogens is 160 g/mol. The van der Waals surface area contributed by atoms with Gasteiger partial charge in [0.05, 0.1) is 13.0 Å². The Morgan fingerprint density at radius 3 is 3.00 bits per heavy atom. The van der Waals surface area contributed by atoms with Crippen molar-refractivity contribution in [1.29, 1.82) is 0 Å². The summed E-state index contributed by atoms with van der Waals surface area (Å²) in [5.74, 6) is -0.623. The maximum Gasteiger partial charge on any atom is 0.313 e. The fourth-order valence-electron chi connectivity index (χ4n) is 1.60. The zero-order chi connectivity index (χ0) is 8.77. The predicted octanol–water partition coefficient (Wildman–Crippen LogP) is 0.255. The summed E-state index contributed by atoms with van der Waals surface area (Å²) < 4.78 is 9.68. The zero-order valence-corrected chi connectivity index (χ0v) is 6.83. The molecule has 0 radical (unpaired) electrons. The summed E-state index contributed by atoms with van der Waals surface area (Å²) in [6, 6.07) is 0. The molecule has 12 heavy (non-hydrogen) atoms. The number of esters is 2. The summed E-state index contributed by atoms with van der Waals surface area (Å²) in [5.41, 5.74) is -0.441. The van der Waals surface area contributed by atoms with Gasteiger partial charge < -0.3 is 9.47 Å². The lowest BCUT2D eigenvalue weighted by atomic mass is 10.1. The van der Waals surface area contributed by atoms with E-state index in [0.717, 1.165) is 0 Å². The first-order valence-corrected chi connectivity index (χ1v) is 4.06. The molecule has 4 heteroatoms. The van der Waals surface area contributed by atoms with Crippen molar-refractivity contribution >= 4 is 11.9 Å². The highest BCUT2D eigenvalue weighted by Crippen LogP contribution is 2.55. The lowest BCUT2D eigenvalue weighted by Gasteiger charge is -2.26. The second-order valence-corrected chi connectivity index (χ2v) is 3.22. The quantitative estimate of drug-likeness (QED) is 0.557. The topological polar surface area (TPSA) is 52.6 Å². The molecule has 0 aromatic carbocycles. The molecule has 1 heterocycles. The van der Waals surface area contributed by atoms with Crippen LogP contribution in [0.3, 0.4) is 0 Å². The van der Waals surface area contributed by atoms with E-state index in [1.165, 1.54) is 0 Å². The van der Waals surface area contributed by atoms with Gasteiger partial charge in [0.1, 0.15) is 11.5 Å². The van der Waals surface area contributed by atoms with Crippen LogP contribution in [-0.2, 0) is 19.1 Å². The van der Waals surface area contributed by atoms with Crippen LogP contribution in [0, 0.1) is 5.92 Å². The van der Waals surface area contributed by atoms with Gasteiger partial charge in [-0.1, -0.05) is 0 Å². The van der Waals surface area contributed by atoms with Gasteiger partial charge in [0.15, 0.2) is 0 Å². The smallest absolute Gasteiger partial charge is 0.313 e. The van der Waals surface area contributed by atoms with Crippen LogP contribution in [0.4, 0.5) is 0 Å². The molecule has 1 saturated heterocycles. The summed E-state index contributed by atoms with van der Waals surface area (Å²) in [6.45, 7) is 2.15. The molecule has 1 spiro atoms. The fourth-order valence-corrected chi connectivity index (χ4v) is 1.60. The van der Waals surface area contributed by atoms with E-state index in [1.54, 1.807) is 6.92 Å². The first kappa shape index (κ1) is 7.58. The van der Waals surface area contributed by atoms with E-state index in [1.807, 2.05) is 0 Å². The molecule has 0 amide bonds. The van der Waals surface area contributed by atoms with E-state index in [9.17, 15) is 9.59 Å². The molecule has 0 aromatic heterocycles. The van der Waals surface area contributed by atoms with E-state index < -0.39 is 5.60 Å². The Labute approximate surface area is 69.8 Å². The van der Waals surface area contributed by atoms with Gasteiger partial charge in [-0.25, -0.2) is 0 Å². The van der Waals surface area contributed by atoms with Crippen LogP contribution in [0.15, 0.2) is 0 Å². The van der Waals surface area contributed by atoms with Crippen molar-refractivity contribution in [1.82, 2.24) is 0 Å². The summed E-state index contributed by atoms with van der Waals surface area (Å²) >= 11 is 0. The van der Waals surface area contributed by atoms with Crippen LogP contribution in [0.25, 0.3) is 0 Å². The van der Waals surface area contributed by atoms with Crippen molar-refractivity contribution in [3.63, 3.8) is 0 Å². The lowest BCUT2D eigenvalue weighted by molar-refractivity contribution is -0.178. The number of carbonyl (C=O) groups is 2. The summed E-state index contributed by atoms with van der Waals surface area (Å²) in [5, 5.41) is 0. The highest BCUT2D eigenvalue weighted by Gasteiger charge is 2.69. The number of rotatable bonds is 2. The van der Waals surface area contributed by atoms with Crippen LogP contribution in [0.2, 0.25) is 0 Å². The SMILES string of the molecule is CCOC(=O)C1CC12CC(=O)O2. The average Bonchev–Trinajstić information content (AvgIpc) is 2.63. The summed E-state index contributed by atoms with van der Waals surface area (Å²) in [6.07, 6.45) is 1.04. The Morgan fingerprint density at radius 2 is 2.50 bits per heavy atom. The van der Waals surface area contributed by atoms with Crippen LogP contribution >= 0.6 is 0 Å². The van der Waals surface area contributed by atoms with Crippen LogP contribution < -0.4 is 0 Å². The third-order valence-electron chi connectivity index (χ3n) is 2.36. The minimum atomic E-state index is -0.441. The molecule has 4 nitrogen and oxygen atoms in total. The monoisotopic (exact) mass is 170 g/mol. The highest BCUT2D eigenvalue weighted by molar-refractivity contribution is 5.86. The largest absolute Gasteiger partial charge is 0.466 e. The van der Waals surface area contributed by atoms with Crippen LogP contribution in [-0.4, -0.2) is 24.1 Å². The molecule has 66 valence electrons. The molecule has 1 saturated carbocycles. The minimum absolute atomic E-state index is 0.185. The Morgan fingerprint density at radius 1 is 1.83 bits per heavy atom. The van der Waals surface area contributed by atoms with Crippen molar-refractivity contribution in [2.45, 2.75) is 25.4 Å². The Balaban J connectivity index is 1.87. The first-order valence-electron chi connectivity index (χ1n) is 4.06. The molecule has 1 aliphatic heterocycles. The van der Waals surface area contributed by atoms with Gasteiger partial charge in [-0.15, -0.1) is 0 Å². The maximum atomic E-state index is 11.1. The Hall–Kier alpha value is -1.06. The van der Waals surface area contributed by atoms with Crippen molar-refractivity contribution < 1.29 is 19.1 Å². The van der Waals surface area contributed by atoms with Gasteiger partial charge in [0.25, 0.3) is 0 Å². The molecule has 1 aliphatic carbocycles. The van der Waals surface area contributed by atoms with Crippen LogP contribution in [0.1, 0.15) is 19.8 Å². The second-order valence-electron chi connectivity index (χ2n) is 3.22. The molecular formula is C8H10O4. The van der Waals surface area contributed by atoms with Crippen molar-refractivity contribution in [2.24, 2.45) is 5.92 Å². The van der Waals surface area contributed by atoms with E-state index in [4.69, 9.17) is 9.47 Å². The van der Waals surface area contributed by atoms with Crippen molar-refractivity contribution in [2.75, 3.05) is 6.61 Å². The standard InChI is InChI=1S/C8H10O4/c1-2-11-7(10)5-3-8(5)4-6(9)12-8/h5H,2-4H2,1H3. The molecule has 2 atom stereocenters. The Bertz CT molecular complexity index is 237. The molecule has 2 unspecified atom stereocenters. The summed E-state index contributed by atoms with van der Waals surface area (Å²) in [4.78, 5) is 21.6. The number of hydrogen-bond donors (Lipinski definition) is 0. The molecule has 2 fully saturated rings. The third-order valence-corrected chi connectivity index (χ3v) is 2.36. The number of ether oxygens (including phenoxy) is 2. The molecule has 2 aliphatic rings. The third kappa shape index (κ3) is 0.906. The first-order chi connectivity index (χ1) is 5.68. The average molecular weight is 170 g/mol. The van der Waals surface area contributed by atoms with Gasteiger partial charge >= 0.3 is 11.9 Å². The molecule has 2 rings (SSSR count). The summed E-state index contributed by atoms with van der Waals surface area (Å²) in [7, 11) is 0. The number of carbonyl (C=O) groups excluding carboxylic acids is 2. The van der Waals surface area contributed by atoms with Gasteiger partial charge in [-0.05, 0) is 6.92 Å². The minimum Gasteiger partial charge on any atom is -0.466 e. The zero-order valence-electron chi connectivity index (χ0n) is 6.83. The van der Waals surface area contributed by atoms with Crippen LogP contribution in [0.5, 0.6) is 0 Å². The lowest BCUT2D eigenvalue weighted by Crippen LogP contribution is -2.38. The van der Waals surface area contributed by atoms with Gasteiger partial charge in [0.2, 0.25) is 0 Å². The number of hydrogen-bond acceptors (Lipinski definition) is 4. The van der Waals surface area contributed by atoms with Gasteiger partial charge in [-0.3, -0.25) is 9.59 Å². The van der Waals surface area contributed by atoms with Crippen molar-refractivity contribution in [3.05, 3.63) is 0 Å². The van der Waals surface area contributed by atoms with Gasteiger partial charge in [0, 0.05) is 6.42 Å². The maximum absolute atomic E-state index is 11.1. The van der Waals surface area contributed by atoms with E-state index in [-0.39, 0.29) is 17.9 Å². The molecule has 0 aromatic rings. The predicted molar refractivity (Wildman–Crippen MR) is 38.2 cm³/mol. The van der Waals surface area contributed by atoms with E-state index in [0.29, 0.717) is 19.4 Å². The fraction of sp³-hybridized carbons (Fsp3) is 0.750. The van der Waals surface area contributed by atoms with Crippen molar-refractivity contribution in [3.8, 4) is 0 Å². The second kappa shape index (κ2) is 2.21. The normalized spacial score (nSPS) is 37.1. The Kier molecular flexibility index (Phi) is 1.40. The van der Waals surface area contributed by atoms with E-state index in [2.05, 4.69) is 0 Å². The molecule has 0 N–H and O–H groups in total. The molecule has 0 bridgehead atoms. The van der Waals surface area contributed by atoms with E-state index >= 15 is 0 Å². The van der Waals surface area contributed by atoms with Gasteiger partial charge in [-0.2, -0.15) is 0 Å². The highest BCUT2D eigenvalue weighted by atomic mass is 16.6.